The molecule has 0 aliphatic carbocycles. The minimum Gasteiger partial charge on any atom is -0.378 e. The zero-order chi connectivity index (χ0) is 18.1. The van der Waals surface area contributed by atoms with Crippen LogP contribution in [0.1, 0.15) is 24.5 Å². The molecule has 5 heteroatoms. The lowest BCUT2D eigenvalue weighted by atomic mass is 9.96. The number of hydrogen-bond acceptors (Lipinski definition) is 3. The Morgan fingerprint density at radius 3 is 2.77 bits per heavy atom. The maximum absolute atomic E-state index is 12.7. The molecule has 1 aromatic carbocycles. The maximum atomic E-state index is 12.7. The average Bonchev–Trinajstić information content (AvgIpc) is 3.13. The Kier molecular flexibility index (Phi) is 4.83. The van der Waals surface area contributed by atoms with Gasteiger partial charge in [-0.3, -0.25) is 9.69 Å². The fourth-order valence-corrected chi connectivity index (χ4v) is 4.11. The van der Waals surface area contributed by atoms with Crippen molar-refractivity contribution >= 4 is 22.4 Å². The van der Waals surface area contributed by atoms with Crippen LogP contribution in [-0.4, -0.2) is 66.1 Å². The van der Waals surface area contributed by atoms with Gasteiger partial charge in [-0.1, -0.05) is 18.2 Å². The summed E-state index contributed by atoms with van der Waals surface area (Å²) in [6, 6.07) is 6.31. The van der Waals surface area contributed by atoms with Gasteiger partial charge in [-0.2, -0.15) is 0 Å². The molecule has 2 aromatic rings. The van der Waals surface area contributed by atoms with Crippen molar-refractivity contribution in [3.8, 4) is 0 Å². The van der Waals surface area contributed by atoms with E-state index in [4.69, 9.17) is 4.74 Å². The highest BCUT2D eigenvalue weighted by molar-refractivity contribution is 5.95. The average molecular weight is 353 g/mol. The molecule has 0 radical (unpaired) electrons. The monoisotopic (exact) mass is 353 g/mol. The van der Waals surface area contributed by atoms with Crippen molar-refractivity contribution < 1.29 is 9.53 Å². The van der Waals surface area contributed by atoms with E-state index in [0.717, 1.165) is 19.5 Å². The first kappa shape index (κ1) is 17.3. The number of H-pyrrole nitrogens is 1. The van der Waals surface area contributed by atoms with E-state index in [1.807, 2.05) is 11.8 Å². The molecule has 1 aromatic heterocycles. The molecular formula is C21H27N3O2. The summed E-state index contributed by atoms with van der Waals surface area (Å²) in [5.41, 5.74) is 5.19. The van der Waals surface area contributed by atoms with E-state index in [1.165, 1.54) is 27.6 Å². The van der Waals surface area contributed by atoms with Gasteiger partial charge in [-0.15, -0.1) is 0 Å². The predicted molar refractivity (Wildman–Crippen MR) is 104 cm³/mol. The molecule has 1 unspecified atom stereocenters. The minimum absolute atomic E-state index is 0.0735. The number of nitrogens with one attached hydrogen (secondary N) is 1. The van der Waals surface area contributed by atoms with Crippen LogP contribution in [0.4, 0.5) is 0 Å². The van der Waals surface area contributed by atoms with Crippen LogP contribution in [0.15, 0.2) is 30.5 Å². The van der Waals surface area contributed by atoms with Gasteiger partial charge in [-0.25, -0.2) is 0 Å². The highest BCUT2D eigenvalue weighted by Gasteiger charge is 2.28. The van der Waals surface area contributed by atoms with E-state index in [-0.39, 0.29) is 11.9 Å². The second-order valence-corrected chi connectivity index (χ2v) is 7.29. The predicted octanol–water partition coefficient (Wildman–Crippen LogP) is 2.81. The molecule has 3 heterocycles. The molecule has 4 rings (SSSR count). The number of aryl methyl sites for hydroxylation is 1. The summed E-state index contributed by atoms with van der Waals surface area (Å²) < 4.78 is 5.36. The number of benzene rings is 1. The molecular weight excluding hydrogens is 326 g/mol. The van der Waals surface area contributed by atoms with E-state index in [2.05, 4.69) is 47.3 Å². The normalized spacial score (nSPS) is 20.2. The Balaban J connectivity index is 1.48. The Morgan fingerprint density at radius 1 is 1.23 bits per heavy atom. The molecule has 1 N–H and O–H groups in total. The molecule has 1 saturated heterocycles. The van der Waals surface area contributed by atoms with Crippen LogP contribution >= 0.6 is 0 Å². The summed E-state index contributed by atoms with van der Waals surface area (Å²) in [4.78, 5) is 20.3. The first-order chi connectivity index (χ1) is 12.6. The fourth-order valence-electron chi connectivity index (χ4n) is 4.11. The lowest BCUT2D eigenvalue weighted by Gasteiger charge is -2.35. The highest BCUT2D eigenvalue weighted by atomic mass is 16.5. The van der Waals surface area contributed by atoms with E-state index < -0.39 is 0 Å². The van der Waals surface area contributed by atoms with Crippen molar-refractivity contribution in [3.05, 3.63) is 41.6 Å². The van der Waals surface area contributed by atoms with Gasteiger partial charge in [0.05, 0.1) is 19.3 Å². The Morgan fingerprint density at radius 2 is 2.04 bits per heavy atom. The van der Waals surface area contributed by atoms with Gasteiger partial charge in [0.25, 0.3) is 0 Å². The van der Waals surface area contributed by atoms with Gasteiger partial charge in [0, 0.05) is 48.8 Å². The number of ether oxygens (including phenoxy) is 1. The van der Waals surface area contributed by atoms with Gasteiger partial charge < -0.3 is 14.6 Å². The molecule has 138 valence electrons. The topological polar surface area (TPSA) is 48.6 Å². The Labute approximate surface area is 154 Å². The van der Waals surface area contributed by atoms with E-state index >= 15 is 0 Å². The van der Waals surface area contributed by atoms with Crippen molar-refractivity contribution in [2.24, 2.45) is 0 Å². The quantitative estimate of drug-likeness (QED) is 0.923. The maximum Gasteiger partial charge on any atom is 0.239 e. The first-order valence-corrected chi connectivity index (χ1v) is 9.52. The number of nitrogens with zero attached hydrogens (tertiary/aromatic N) is 2. The molecule has 1 atom stereocenters. The van der Waals surface area contributed by atoms with E-state index in [1.54, 1.807) is 0 Å². The number of morpholine rings is 1. The fraction of sp³-hybridized carbons (Fsp3) is 0.476. The third-order valence-electron chi connectivity index (χ3n) is 5.73. The molecule has 0 spiro atoms. The summed E-state index contributed by atoms with van der Waals surface area (Å²) in [5, 5.41) is 1.32. The summed E-state index contributed by atoms with van der Waals surface area (Å²) in [6.45, 7) is 8.68. The van der Waals surface area contributed by atoms with Gasteiger partial charge in [0.1, 0.15) is 0 Å². The number of aromatic amines is 1. The zero-order valence-corrected chi connectivity index (χ0v) is 15.6. The highest BCUT2D eigenvalue weighted by Crippen LogP contribution is 2.31. The van der Waals surface area contributed by atoms with Crippen molar-refractivity contribution in [2.75, 3.05) is 39.4 Å². The smallest absolute Gasteiger partial charge is 0.239 e. The van der Waals surface area contributed by atoms with E-state index in [0.29, 0.717) is 26.3 Å². The summed E-state index contributed by atoms with van der Waals surface area (Å²) >= 11 is 0. The molecule has 1 fully saturated rings. The lowest BCUT2D eigenvalue weighted by Crippen LogP contribution is -2.51. The van der Waals surface area contributed by atoms with Crippen LogP contribution in [0, 0.1) is 6.92 Å². The number of aromatic nitrogens is 1. The molecule has 26 heavy (non-hydrogen) atoms. The van der Waals surface area contributed by atoms with Gasteiger partial charge in [0.15, 0.2) is 0 Å². The first-order valence-electron chi connectivity index (χ1n) is 9.52. The minimum atomic E-state index is -0.0735. The summed E-state index contributed by atoms with van der Waals surface area (Å²) in [7, 11) is 0. The molecule has 2 aliphatic heterocycles. The third kappa shape index (κ3) is 3.17. The summed E-state index contributed by atoms with van der Waals surface area (Å²) in [5.74, 6) is 0.230. The second kappa shape index (κ2) is 7.25. The molecule has 0 saturated carbocycles. The van der Waals surface area contributed by atoms with Crippen molar-refractivity contribution in [1.29, 1.82) is 0 Å². The van der Waals surface area contributed by atoms with E-state index in [9.17, 15) is 4.79 Å². The standard InChI is InChI=1S/C21H27N3O2/c1-15-4-3-5-19-20(15)18(14-22-19)17-6-8-23(9-7-17)16(2)21(25)24-10-12-26-13-11-24/h3-6,14,16,22H,7-13H2,1-2H3. The number of carbonyl (C=O) groups is 1. The second-order valence-electron chi connectivity index (χ2n) is 7.29. The van der Waals surface area contributed by atoms with Crippen molar-refractivity contribution in [1.82, 2.24) is 14.8 Å². The van der Waals surface area contributed by atoms with Crippen molar-refractivity contribution in [2.45, 2.75) is 26.3 Å². The Hall–Kier alpha value is -2.11. The molecule has 0 bridgehead atoms. The molecule has 1 amide bonds. The number of fused-ring (bicyclic) bond motifs is 1. The molecule has 5 nitrogen and oxygen atoms in total. The third-order valence-corrected chi connectivity index (χ3v) is 5.73. The van der Waals surface area contributed by atoms with Gasteiger partial charge in [0.2, 0.25) is 5.91 Å². The van der Waals surface area contributed by atoms with Crippen molar-refractivity contribution in [3.63, 3.8) is 0 Å². The number of hydrogen-bond donors (Lipinski definition) is 1. The van der Waals surface area contributed by atoms with Crippen LogP contribution in [0.3, 0.4) is 0 Å². The largest absolute Gasteiger partial charge is 0.378 e. The zero-order valence-electron chi connectivity index (χ0n) is 15.6. The number of amides is 1. The number of carbonyl (C=O) groups excluding carboxylic acids is 1. The van der Waals surface area contributed by atoms with Crippen LogP contribution < -0.4 is 0 Å². The lowest BCUT2D eigenvalue weighted by molar-refractivity contribution is -0.140. The van der Waals surface area contributed by atoms with Gasteiger partial charge >= 0.3 is 0 Å². The van der Waals surface area contributed by atoms with Crippen LogP contribution in [-0.2, 0) is 9.53 Å². The van der Waals surface area contributed by atoms with Crippen LogP contribution in [0.5, 0.6) is 0 Å². The number of rotatable bonds is 3. The van der Waals surface area contributed by atoms with Crippen LogP contribution in [0.25, 0.3) is 16.5 Å². The SMILES string of the molecule is Cc1cccc2[nH]cc(C3=CCN(C(C)C(=O)N4CCOCC4)CC3)c12. The van der Waals surface area contributed by atoms with Crippen LogP contribution in [0.2, 0.25) is 0 Å². The summed E-state index contributed by atoms with van der Waals surface area (Å²) in [6.07, 6.45) is 5.39. The Bertz CT molecular complexity index is 833. The molecule has 2 aliphatic rings. The van der Waals surface area contributed by atoms with Gasteiger partial charge in [-0.05, 0) is 37.5 Å².